The Morgan fingerprint density at radius 3 is 2.68 bits per heavy atom. The summed E-state index contributed by atoms with van der Waals surface area (Å²) in [5, 5.41) is 4.29. The van der Waals surface area contributed by atoms with E-state index in [1.807, 2.05) is 19.9 Å². The van der Waals surface area contributed by atoms with Crippen molar-refractivity contribution in [3.63, 3.8) is 0 Å². The zero-order chi connectivity index (χ0) is 14.0. The summed E-state index contributed by atoms with van der Waals surface area (Å²) in [6.07, 6.45) is 0.926. The van der Waals surface area contributed by atoms with E-state index in [1.54, 1.807) is 17.0 Å². The number of hydrogen-bond donors (Lipinski definition) is 1. The van der Waals surface area contributed by atoms with Gasteiger partial charge in [-0.2, -0.15) is 0 Å². The summed E-state index contributed by atoms with van der Waals surface area (Å²) in [4.78, 5) is 14.4. The van der Waals surface area contributed by atoms with E-state index in [0.717, 1.165) is 18.7 Å². The van der Waals surface area contributed by atoms with E-state index in [2.05, 4.69) is 5.32 Å². The van der Waals surface area contributed by atoms with Gasteiger partial charge in [0.05, 0.1) is 16.1 Å². The van der Waals surface area contributed by atoms with Crippen molar-refractivity contribution in [1.29, 1.82) is 0 Å². The number of rotatable bonds is 2. The van der Waals surface area contributed by atoms with Crippen LogP contribution in [0.25, 0.3) is 0 Å². The van der Waals surface area contributed by atoms with Gasteiger partial charge in [0.1, 0.15) is 0 Å². The van der Waals surface area contributed by atoms with Gasteiger partial charge in [-0.05, 0) is 37.1 Å². The molecule has 1 N–H and O–H groups in total. The first-order chi connectivity index (χ1) is 9.00. The van der Waals surface area contributed by atoms with E-state index in [-0.39, 0.29) is 17.9 Å². The van der Waals surface area contributed by atoms with Gasteiger partial charge in [0.2, 0.25) is 5.91 Å². The number of nitrogens with zero attached hydrogens (tertiary/aromatic N) is 1. The summed E-state index contributed by atoms with van der Waals surface area (Å²) in [5.74, 6) is 0.363. The minimum absolute atomic E-state index is 0.103. The van der Waals surface area contributed by atoms with Crippen LogP contribution >= 0.6 is 23.2 Å². The normalized spacial score (nSPS) is 20.8. The highest BCUT2D eigenvalue weighted by atomic mass is 35.5. The number of halogens is 2. The van der Waals surface area contributed by atoms with Crippen molar-refractivity contribution in [2.45, 2.75) is 26.3 Å². The van der Waals surface area contributed by atoms with E-state index in [0.29, 0.717) is 16.6 Å². The van der Waals surface area contributed by atoms with E-state index in [9.17, 15) is 4.79 Å². The molecule has 1 saturated heterocycles. The fraction of sp³-hybridized carbons (Fsp3) is 0.500. The molecule has 2 rings (SSSR count). The number of anilines is 1. The third-order valence-corrected chi connectivity index (χ3v) is 4.08. The molecule has 0 aliphatic carbocycles. The molecule has 1 amide bonds. The van der Waals surface area contributed by atoms with Crippen molar-refractivity contribution in [1.82, 2.24) is 5.32 Å². The third kappa shape index (κ3) is 3.22. The molecule has 0 saturated carbocycles. The Labute approximate surface area is 123 Å². The molecule has 0 spiro atoms. The highest BCUT2D eigenvalue weighted by Gasteiger charge is 2.29. The predicted molar refractivity (Wildman–Crippen MR) is 80.1 cm³/mol. The van der Waals surface area contributed by atoms with Gasteiger partial charge in [-0.1, -0.05) is 37.0 Å². The van der Waals surface area contributed by atoms with Crippen LogP contribution in [0.5, 0.6) is 0 Å². The van der Waals surface area contributed by atoms with Crippen LogP contribution in [0.1, 0.15) is 20.3 Å². The van der Waals surface area contributed by atoms with Crippen molar-refractivity contribution in [2.24, 2.45) is 5.92 Å². The van der Waals surface area contributed by atoms with Gasteiger partial charge in [-0.15, -0.1) is 0 Å². The Kier molecular flexibility index (Phi) is 4.71. The van der Waals surface area contributed by atoms with Crippen LogP contribution in [0, 0.1) is 5.92 Å². The smallest absolute Gasteiger partial charge is 0.244 e. The van der Waals surface area contributed by atoms with Crippen LogP contribution < -0.4 is 10.2 Å². The Balaban J connectivity index is 2.30. The van der Waals surface area contributed by atoms with E-state index in [1.165, 1.54) is 0 Å². The molecule has 1 fully saturated rings. The average molecular weight is 301 g/mol. The van der Waals surface area contributed by atoms with Crippen LogP contribution in [0.2, 0.25) is 10.0 Å². The lowest BCUT2D eigenvalue weighted by molar-refractivity contribution is -0.121. The maximum Gasteiger partial charge on any atom is 0.244 e. The zero-order valence-electron chi connectivity index (χ0n) is 11.1. The molecular weight excluding hydrogens is 283 g/mol. The quantitative estimate of drug-likeness (QED) is 0.908. The van der Waals surface area contributed by atoms with Gasteiger partial charge in [0.15, 0.2) is 0 Å². The number of amides is 1. The fourth-order valence-corrected chi connectivity index (χ4v) is 2.58. The fourth-order valence-electron chi connectivity index (χ4n) is 2.29. The van der Waals surface area contributed by atoms with Gasteiger partial charge in [-0.3, -0.25) is 4.79 Å². The van der Waals surface area contributed by atoms with Crippen molar-refractivity contribution >= 4 is 34.8 Å². The molecule has 1 unspecified atom stereocenters. The summed E-state index contributed by atoms with van der Waals surface area (Å²) in [6.45, 7) is 5.65. The molecule has 1 aromatic rings. The molecule has 1 aliphatic rings. The minimum atomic E-state index is -0.142. The van der Waals surface area contributed by atoms with Crippen LogP contribution in [0.3, 0.4) is 0 Å². The topological polar surface area (TPSA) is 32.3 Å². The monoisotopic (exact) mass is 300 g/mol. The lowest BCUT2D eigenvalue weighted by Crippen LogP contribution is -2.46. The van der Waals surface area contributed by atoms with Crippen LogP contribution in [-0.2, 0) is 4.79 Å². The third-order valence-electron chi connectivity index (χ3n) is 3.34. The molecule has 1 atom stereocenters. The first-order valence-electron chi connectivity index (χ1n) is 6.50. The summed E-state index contributed by atoms with van der Waals surface area (Å²) in [5.41, 5.74) is 0.814. The summed E-state index contributed by atoms with van der Waals surface area (Å²) in [6, 6.07) is 5.19. The second-order valence-electron chi connectivity index (χ2n) is 5.12. The first-order valence-corrected chi connectivity index (χ1v) is 7.26. The Morgan fingerprint density at radius 1 is 1.32 bits per heavy atom. The minimum Gasteiger partial charge on any atom is -0.311 e. The molecule has 0 aromatic heterocycles. The Bertz CT molecular complexity index is 477. The van der Waals surface area contributed by atoms with E-state index < -0.39 is 0 Å². The van der Waals surface area contributed by atoms with E-state index in [4.69, 9.17) is 23.2 Å². The number of carbonyl (C=O) groups is 1. The highest BCUT2D eigenvalue weighted by Crippen LogP contribution is 2.28. The van der Waals surface area contributed by atoms with Crippen LogP contribution in [0.15, 0.2) is 18.2 Å². The molecule has 0 bridgehead atoms. The summed E-state index contributed by atoms with van der Waals surface area (Å²) >= 11 is 12.0. The second kappa shape index (κ2) is 6.12. The molecule has 19 heavy (non-hydrogen) atoms. The van der Waals surface area contributed by atoms with Crippen molar-refractivity contribution in [2.75, 3.05) is 18.0 Å². The molecular formula is C14H18Cl2N2O. The van der Waals surface area contributed by atoms with Gasteiger partial charge in [0, 0.05) is 12.2 Å². The first kappa shape index (κ1) is 14.6. The predicted octanol–water partition coefficient (Wildman–Crippen LogP) is 3.34. The maximum absolute atomic E-state index is 12.6. The average Bonchev–Trinajstić information content (AvgIpc) is 2.55. The van der Waals surface area contributed by atoms with Crippen LogP contribution in [0.4, 0.5) is 5.69 Å². The number of carbonyl (C=O) groups excluding carboxylic acids is 1. The summed E-state index contributed by atoms with van der Waals surface area (Å²) in [7, 11) is 0. The van der Waals surface area contributed by atoms with Crippen molar-refractivity contribution in [3.8, 4) is 0 Å². The molecule has 1 aromatic carbocycles. The molecule has 104 valence electrons. The zero-order valence-corrected chi connectivity index (χ0v) is 12.6. The lowest BCUT2D eigenvalue weighted by atomic mass is 10.0. The molecule has 3 nitrogen and oxygen atoms in total. The van der Waals surface area contributed by atoms with Gasteiger partial charge in [-0.25, -0.2) is 0 Å². The van der Waals surface area contributed by atoms with Crippen molar-refractivity contribution in [3.05, 3.63) is 28.2 Å². The molecule has 1 aliphatic heterocycles. The maximum atomic E-state index is 12.6. The number of hydrogen-bond acceptors (Lipinski definition) is 2. The highest BCUT2D eigenvalue weighted by molar-refractivity contribution is 6.42. The Morgan fingerprint density at radius 2 is 2.05 bits per heavy atom. The summed E-state index contributed by atoms with van der Waals surface area (Å²) < 4.78 is 0. The lowest BCUT2D eigenvalue weighted by Gasteiger charge is -2.26. The second-order valence-corrected chi connectivity index (χ2v) is 5.93. The van der Waals surface area contributed by atoms with Gasteiger partial charge < -0.3 is 10.2 Å². The number of benzene rings is 1. The van der Waals surface area contributed by atoms with E-state index >= 15 is 0 Å². The van der Waals surface area contributed by atoms with Gasteiger partial charge in [0.25, 0.3) is 0 Å². The number of nitrogens with one attached hydrogen (secondary N) is 1. The van der Waals surface area contributed by atoms with Crippen LogP contribution in [-0.4, -0.2) is 25.0 Å². The Hall–Kier alpha value is -0.770. The van der Waals surface area contributed by atoms with Gasteiger partial charge >= 0.3 is 0 Å². The molecule has 0 radical (unpaired) electrons. The molecule has 1 heterocycles. The standard InChI is InChI=1S/C14H18Cl2N2O/c1-9(2)13-14(19)18(7-3-6-17-13)10-4-5-11(15)12(16)8-10/h4-5,8-9,13,17H,3,6-7H2,1-2H3. The largest absolute Gasteiger partial charge is 0.311 e. The van der Waals surface area contributed by atoms with Crippen molar-refractivity contribution < 1.29 is 4.79 Å². The molecule has 5 heteroatoms. The SMILES string of the molecule is CC(C)C1NCCCN(c2ccc(Cl)c(Cl)c2)C1=O.